The predicted molar refractivity (Wildman–Crippen MR) is 122 cm³/mol. The van der Waals surface area contributed by atoms with Crippen LogP contribution in [-0.2, 0) is 11.3 Å². The first-order valence-electron chi connectivity index (χ1n) is 12.1. The number of nitrogens with zero attached hydrogens (tertiary/aromatic N) is 4. The van der Waals surface area contributed by atoms with Gasteiger partial charge in [0.15, 0.2) is 0 Å². The number of hydrogen-bond acceptors (Lipinski definition) is 4. The highest BCUT2D eigenvalue weighted by Gasteiger charge is 2.36. The number of piperidine rings is 1. The summed E-state index contributed by atoms with van der Waals surface area (Å²) in [6, 6.07) is 6.21. The third-order valence-electron chi connectivity index (χ3n) is 7.30. The van der Waals surface area contributed by atoms with E-state index in [-0.39, 0.29) is 11.9 Å². The molecule has 0 spiro atoms. The van der Waals surface area contributed by atoms with Crippen LogP contribution in [0.1, 0.15) is 48.9 Å². The molecule has 2 aromatic rings. The van der Waals surface area contributed by atoms with Crippen molar-refractivity contribution in [3.63, 3.8) is 0 Å². The standard InChI is InChI=1S/C24H33N5O3/c30-23(29-10-3-5-18-4-1-2-6-21(18)29)19-7-8-22-20(16-19)26-17-28(22)11-9-25-24(31)27-12-14-32-15-13-27/h7-8,16-18,21H,1-6,9-15H2,(H,25,31). The molecule has 1 aliphatic carbocycles. The van der Waals surface area contributed by atoms with E-state index >= 15 is 0 Å². The lowest BCUT2D eigenvalue weighted by Gasteiger charge is -2.44. The second-order valence-corrected chi connectivity index (χ2v) is 9.23. The van der Waals surface area contributed by atoms with Crippen molar-refractivity contribution in [3.8, 4) is 0 Å². The third-order valence-corrected chi connectivity index (χ3v) is 7.30. The molecule has 1 aromatic heterocycles. The molecule has 3 amide bonds. The van der Waals surface area contributed by atoms with Gasteiger partial charge >= 0.3 is 6.03 Å². The van der Waals surface area contributed by atoms with E-state index in [0.29, 0.717) is 51.4 Å². The van der Waals surface area contributed by atoms with Crippen molar-refractivity contribution in [3.05, 3.63) is 30.1 Å². The van der Waals surface area contributed by atoms with E-state index in [9.17, 15) is 9.59 Å². The van der Waals surface area contributed by atoms with Crippen LogP contribution in [0.25, 0.3) is 11.0 Å². The number of imidazole rings is 1. The highest BCUT2D eigenvalue weighted by molar-refractivity contribution is 5.97. The van der Waals surface area contributed by atoms with Crippen molar-refractivity contribution in [1.82, 2.24) is 24.7 Å². The lowest BCUT2D eigenvalue weighted by molar-refractivity contribution is 0.0391. The van der Waals surface area contributed by atoms with Crippen LogP contribution < -0.4 is 5.32 Å². The van der Waals surface area contributed by atoms with E-state index in [1.165, 1.54) is 25.7 Å². The molecule has 3 fully saturated rings. The monoisotopic (exact) mass is 439 g/mol. The molecule has 8 heteroatoms. The summed E-state index contributed by atoms with van der Waals surface area (Å²) in [6.07, 6.45) is 9.11. The number of morpholine rings is 1. The summed E-state index contributed by atoms with van der Waals surface area (Å²) in [6.45, 7) is 4.49. The zero-order valence-corrected chi connectivity index (χ0v) is 18.7. The van der Waals surface area contributed by atoms with Crippen LogP contribution in [0.2, 0.25) is 0 Å². The van der Waals surface area contributed by atoms with Crippen LogP contribution in [0.4, 0.5) is 4.79 Å². The molecule has 1 N–H and O–H groups in total. The van der Waals surface area contributed by atoms with Gasteiger partial charge in [-0.2, -0.15) is 0 Å². The number of carbonyl (C=O) groups excluding carboxylic acids is 2. The van der Waals surface area contributed by atoms with Gasteiger partial charge in [0, 0.05) is 44.3 Å². The molecule has 0 radical (unpaired) electrons. The largest absolute Gasteiger partial charge is 0.378 e. The smallest absolute Gasteiger partial charge is 0.317 e. The number of urea groups is 1. The van der Waals surface area contributed by atoms with Gasteiger partial charge in [0.2, 0.25) is 0 Å². The fourth-order valence-corrected chi connectivity index (χ4v) is 5.58. The van der Waals surface area contributed by atoms with E-state index in [4.69, 9.17) is 4.74 Å². The van der Waals surface area contributed by atoms with E-state index in [0.717, 1.165) is 36.0 Å². The normalized spacial score (nSPS) is 23.8. The summed E-state index contributed by atoms with van der Waals surface area (Å²) >= 11 is 0. The number of nitrogens with one attached hydrogen (secondary N) is 1. The Bertz CT molecular complexity index is 966. The number of benzene rings is 1. The van der Waals surface area contributed by atoms with Gasteiger partial charge < -0.3 is 24.4 Å². The Labute approximate surface area is 188 Å². The third kappa shape index (κ3) is 4.33. The zero-order valence-electron chi connectivity index (χ0n) is 18.7. The Morgan fingerprint density at radius 1 is 1.06 bits per heavy atom. The summed E-state index contributed by atoms with van der Waals surface area (Å²) in [7, 11) is 0. The maximum absolute atomic E-state index is 13.3. The van der Waals surface area contributed by atoms with Gasteiger partial charge in [0.05, 0.1) is 30.6 Å². The lowest BCUT2D eigenvalue weighted by Crippen LogP contribution is -2.49. The molecule has 2 saturated heterocycles. The summed E-state index contributed by atoms with van der Waals surface area (Å²) in [5, 5.41) is 2.98. The molecule has 0 bridgehead atoms. The van der Waals surface area contributed by atoms with Gasteiger partial charge in [-0.1, -0.05) is 12.8 Å². The second kappa shape index (κ2) is 9.48. The maximum Gasteiger partial charge on any atom is 0.317 e. The molecule has 2 aliphatic heterocycles. The van der Waals surface area contributed by atoms with Crippen molar-refractivity contribution >= 4 is 23.0 Å². The van der Waals surface area contributed by atoms with E-state index in [1.807, 2.05) is 22.8 Å². The number of fused-ring (bicyclic) bond motifs is 2. The lowest BCUT2D eigenvalue weighted by atomic mass is 9.78. The van der Waals surface area contributed by atoms with E-state index in [1.54, 1.807) is 11.2 Å². The fourth-order valence-electron chi connectivity index (χ4n) is 5.58. The molecule has 32 heavy (non-hydrogen) atoms. The van der Waals surface area contributed by atoms with Crippen LogP contribution in [0.5, 0.6) is 0 Å². The Hall–Kier alpha value is -2.61. The highest BCUT2D eigenvalue weighted by Crippen LogP contribution is 2.36. The average Bonchev–Trinajstić information content (AvgIpc) is 3.26. The van der Waals surface area contributed by atoms with Crippen molar-refractivity contribution in [1.29, 1.82) is 0 Å². The van der Waals surface area contributed by atoms with Gasteiger partial charge in [0.25, 0.3) is 5.91 Å². The topological polar surface area (TPSA) is 79.7 Å². The van der Waals surface area contributed by atoms with Gasteiger partial charge in [-0.3, -0.25) is 4.79 Å². The molecule has 8 nitrogen and oxygen atoms in total. The number of likely N-dealkylation sites (tertiary alicyclic amines) is 1. The highest BCUT2D eigenvalue weighted by atomic mass is 16.5. The van der Waals surface area contributed by atoms with Crippen LogP contribution in [0.3, 0.4) is 0 Å². The van der Waals surface area contributed by atoms with Crippen molar-refractivity contribution in [2.75, 3.05) is 39.4 Å². The molecule has 172 valence electrons. The van der Waals surface area contributed by atoms with E-state index < -0.39 is 0 Å². The Balaban J connectivity index is 1.22. The minimum Gasteiger partial charge on any atom is -0.378 e. The Morgan fingerprint density at radius 2 is 1.88 bits per heavy atom. The summed E-state index contributed by atoms with van der Waals surface area (Å²) in [5.41, 5.74) is 2.54. The molecule has 1 saturated carbocycles. The molecule has 3 heterocycles. The van der Waals surface area contributed by atoms with Crippen LogP contribution in [-0.4, -0.2) is 76.7 Å². The minimum atomic E-state index is -0.0480. The molecule has 2 unspecified atom stereocenters. The first kappa shape index (κ1) is 21.2. The molecule has 2 atom stereocenters. The molecule has 3 aliphatic rings. The summed E-state index contributed by atoms with van der Waals surface area (Å²) < 4.78 is 7.32. The Kier molecular flexibility index (Phi) is 6.30. The van der Waals surface area contributed by atoms with Gasteiger partial charge in [0.1, 0.15) is 0 Å². The number of aromatic nitrogens is 2. The summed E-state index contributed by atoms with van der Waals surface area (Å²) in [5.74, 6) is 0.827. The molecule has 5 rings (SSSR count). The molecule has 1 aromatic carbocycles. The molecular weight excluding hydrogens is 406 g/mol. The van der Waals surface area contributed by atoms with Gasteiger partial charge in [-0.25, -0.2) is 9.78 Å². The van der Waals surface area contributed by atoms with Crippen molar-refractivity contribution in [2.24, 2.45) is 5.92 Å². The SMILES string of the molecule is O=C(NCCn1cnc2cc(C(=O)N3CCCC4CCCCC43)ccc21)N1CCOCC1. The van der Waals surface area contributed by atoms with Crippen LogP contribution in [0, 0.1) is 5.92 Å². The molecular formula is C24H33N5O3. The first-order valence-corrected chi connectivity index (χ1v) is 12.1. The fraction of sp³-hybridized carbons (Fsp3) is 0.625. The van der Waals surface area contributed by atoms with Gasteiger partial charge in [-0.05, 0) is 49.8 Å². The van der Waals surface area contributed by atoms with Gasteiger partial charge in [-0.15, -0.1) is 0 Å². The predicted octanol–water partition coefficient (Wildman–Crippen LogP) is 2.87. The number of carbonyl (C=O) groups is 2. The van der Waals surface area contributed by atoms with E-state index in [2.05, 4.69) is 15.2 Å². The second-order valence-electron chi connectivity index (χ2n) is 9.23. The zero-order chi connectivity index (χ0) is 21.9. The maximum atomic E-state index is 13.3. The number of ether oxygens (including phenoxy) is 1. The number of amides is 3. The average molecular weight is 440 g/mol. The summed E-state index contributed by atoms with van der Waals surface area (Å²) in [4.78, 5) is 34.0. The number of hydrogen-bond donors (Lipinski definition) is 1. The minimum absolute atomic E-state index is 0.0480. The van der Waals surface area contributed by atoms with Crippen molar-refractivity contribution < 1.29 is 14.3 Å². The number of rotatable bonds is 4. The first-order chi connectivity index (χ1) is 15.7. The Morgan fingerprint density at radius 3 is 2.75 bits per heavy atom. The van der Waals surface area contributed by atoms with Crippen LogP contribution >= 0.6 is 0 Å². The quantitative estimate of drug-likeness (QED) is 0.795. The van der Waals surface area contributed by atoms with Crippen molar-refractivity contribution in [2.45, 2.75) is 51.1 Å². The van der Waals surface area contributed by atoms with Crippen LogP contribution in [0.15, 0.2) is 24.5 Å².